The van der Waals surface area contributed by atoms with Crippen molar-refractivity contribution in [3.63, 3.8) is 0 Å². The lowest BCUT2D eigenvalue weighted by Gasteiger charge is -2.35. The highest BCUT2D eigenvalue weighted by atomic mass is 16.5. The number of nitrogens with zero attached hydrogens (tertiary/aromatic N) is 2. The van der Waals surface area contributed by atoms with Crippen molar-refractivity contribution in [1.82, 2.24) is 9.80 Å². The molecule has 3 nitrogen and oxygen atoms in total. The third-order valence-corrected chi connectivity index (χ3v) is 5.06. The van der Waals surface area contributed by atoms with Crippen LogP contribution in [0.3, 0.4) is 0 Å². The van der Waals surface area contributed by atoms with Crippen LogP contribution in [0.25, 0.3) is 0 Å². The normalized spacial score (nSPS) is 22.7. The number of hydrogen-bond donors (Lipinski definition) is 0. The zero-order valence-electron chi connectivity index (χ0n) is 15.4. The van der Waals surface area contributed by atoms with Crippen LogP contribution in [0.5, 0.6) is 0 Å². The molecule has 138 valence electrons. The molecule has 0 aromatic rings. The zero-order valence-corrected chi connectivity index (χ0v) is 15.4. The molecular formula is C20H42N2O. The molecule has 2 heterocycles. The Bertz CT molecular complexity index is 260. The smallest absolute Gasteiger partial charge is 0.0599 e. The Hall–Kier alpha value is -0.120. The zero-order chi connectivity index (χ0) is 15.9. The van der Waals surface area contributed by atoms with Crippen LogP contribution in [0.1, 0.15) is 60.8 Å². The molecule has 0 bridgehead atoms. The van der Waals surface area contributed by atoms with Crippen LogP contribution >= 0.6 is 0 Å². The summed E-state index contributed by atoms with van der Waals surface area (Å²) in [5, 5.41) is 0. The molecule has 2 aliphatic heterocycles. The molecular weight excluding hydrogens is 284 g/mol. The molecule has 0 amide bonds. The van der Waals surface area contributed by atoms with E-state index in [1.807, 2.05) is 0 Å². The molecule has 2 saturated heterocycles. The van der Waals surface area contributed by atoms with Crippen LogP contribution in [0.15, 0.2) is 0 Å². The van der Waals surface area contributed by atoms with Gasteiger partial charge in [0.05, 0.1) is 6.10 Å². The molecule has 0 saturated carbocycles. The van der Waals surface area contributed by atoms with Crippen molar-refractivity contribution < 1.29 is 4.74 Å². The second-order valence-electron chi connectivity index (χ2n) is 8.36. The first-order valence-corrected chi connectivity index (χ1v) is 9.59. The highest BCUT2D eigenvalue weighted by Crippen LogP contribution is 2.21. The molecule has 0 spiro atoms. The maximum Gasteiger partial charge on any atom is 0.0599 e. The minimum Gasteiger partial charge on any atom is -0.378 e. The van der Waals surface area contributed by atoms with E-state index < -0.39 is 0 Å². The van der Waals surface area contributed by atoms with Gasteiger partial charge in [-0.25, -0.2) is 0 Å². The van der Waals surface area contributed by atoms with Crippen molar-refractivity contribution in [3.05, 3.63) is 0 Å². The molecule has 0 radical (unpaired) electrons. The van der Waals surface area contributed by atoms with Crippen molar-refractivity contribution >= 4 is 0 Å². The maximum absolute atomic E-state index is 6.25. The van der Waals surface area contributed by atoms with Crippen LogP contribution in [0.2, 0.25) is 0 Å². The SMILES string of the molecule is C.CC(C)CN1CCC(COC2CCN(CC(C)C)CC2)CC1. The summed E-state index contributed by atoms with van der Waals surface area (Å²) in [6.07, 6.45) is 5.66. The van der Waals surface area contributed by atoms with Crippen molar-refractivity contribution in [1.29, 1.82) is 0 Å². The van der Waals surface area contributed by atoms with E-state index >= 15 is 0 Å². The molecule has 2 rings (SSSR count). The van der Waals surface area contributed by atoms with E-state index in [4.69, 9.17) is 4.74 Å². The summed E-state index contributed by atoms with van der Waals surface area (Å²) >= 11 is 0. The van der Waals surface area contributed by atoms with E-state index in [9.17, 15) is 0 Å². The Balaban J connectivity index is 0.00000264. The quantitative estimate of drug-likeness (QED) is 0.700. The van der Waals surface area contributed by atoms with E-state index in [-0.39, 0.29) is 7.43 Å². The second kappa shape index (κ2) is 10.7. The van der Waals surface area contributed by atoms with Crippen molar-refractivity contribution in [3.8, 4) is 0 Å². The fraction of sp³-hybridized carbons (Fsp3) is 1.00. The highest BCUT2D eigenvalue weighted by molar-refractivity contribution is 4.76. The fourth-order valence-electron chi connectivity index (χ4n) is 3.90. The molecule has 0 aromatic carbocycles. The van der Waals surface area contributed by atoms with E-state index in [1.54, 1.807) is 0 Å². The predicted molar refractivity (Wildman–Crippen MR) is 101 cm³/mol. The Kier molecular flexibility index (Phi) is 9.72. The summed E-state index contributed by atoms with van der Waals surface area (Å²) in [5.74, 6) is 2.38. The van der Waals surface area contributed by atoms with Crippen LogP contribution in [-0.2, 0) is 4.74 Å². The molecule has 3 heteroatoms. The number of hydrogen-bond acceptors (Lipinski definition) is 3. The van der Waals surface area contributed by atoms with Gasteiger partial charge in [0.15, 0.2) is 0 Å². The molecule has 0 atom stereocenters. The second-order valence-corrected chi connectivity index (χ2v) is 8.36. The highest BCUT2D eigenvalue weighted by Gasteiger charge is 2.23. The average Bonchev–Trinajstić information content (AvgIpc) is 2.47. The molecule has 2 fully saturated rings. The molecule has 0 N–H and O–H groups in total. The van der Waals surface area contributed by atoms with Gasteiger partial charge in [0, 0.05) is 32.8 Å². The molecule has 23 heavy (non-hydrogen) atoms. The summed E-state index contributed by atoms with van der Waals surface area (Å²) in [7, 11) is 0. The van der Waals surface area contributed by atoms with Gasteiger partial charge in [-0.1, -0.05) is 35.1 Å². The van der Waals surface area contributed by atoms with Gasteiger partial charge in [0.1, 0.15) is 0 Å². The van der Waals surface area contributed by atoms with Gasteiger partial charge < -0.3 is 14.5 Å². The number of ether oxygens (including phenoxy) is 1. The summed E-state index contributed by atoms with van der Waals surface area (Å²) in [6.45, 7) is 17.8. The van der Waals surface area contributed by atoms with Crippen molar-refractivity contribution in [2.24, 2.45) is 17.8 Å². The van der Waals surface area contributed by atoms with E-state index in [1.165, 1.54) is 65.0 Å². The number of rotatable bonds is 7. The number of likely N-dealkylation sites (tertiary alicyclic amines) is 2. The lowest BCUT2D eigenvalue weighted by Crippen LogP contribution is -2.40. The Morgan fingerprint density at radius 3 is 1.65 bits per heavy atom. The first-order chi connectivity index (χ1) is 10.5. The maximum atomic E-state index is 6.25. The van der Waals surface area contributed by atoms with Crippen molar-refractivity contribution in [2.45, 2.75) is 66.9 Å². The lowest BCUT2D eigenvalue weighted by atomic mass is 9.97. The molecule has 2 aliphatic rings. The number of piperidine rings is 2. The van der Waals surface area contributed by atoms with Crippen LogP contribution < -0.4 is 0 Å². The van der Waals surface area contributed by atoms with Crippen LogP contribution in [-0.4, -0.2) is 61.8 Å². The lowest BCUT2D eigenvalue weighted by molar-refractivity contribution is -0.0209. The first kappa shape index (κ1) is 20.9. The van der Waals surface area contributed by atoms with Gasteiger partial charge in [-0.2, -0.15) is 0 Å². The van der Waals surface area contributed by atoms with Crippen molar-refractivity contribution in [2.75, 3.05) is 45.9 Å². The first-order valence-electron chi connectivity index (χ1n) is 9.59. The third-order valence-electron chi connectivity index (χ3n) is 5.06. The van der Waals surface area contributed by atoms with Gasteiger partial charge in [0.2, 0.25) is 0 Å². The van der Waals surface area contributed by atoms with Gasteiger partial charge in [-0.15, -0.1) is 0 Å². The molecule has 0 aliphatic carbocycles. The van der Waals surface area contributed by atoms with E-state index in [2.05, 4.69) is 37.5 Å². The predicted octanol–water partition coefficient (Wildman–Crippen LogP) is 4.13. The summed E-state index contributed by atoms with van der Waals surface area (Å²) in [6, 6.07) is 0. The van der Waals surface area contributed by atoms with Crippen LogP contribution in [0.4, 0.5) is 0 Å². The minimum absolute atomic E-state index is 0. The summed E-state index contributed by atoms with van der Waals surface area (Å²) in [5.41, 5.74) is 0. The topological polar surface area (TPSA) is 15.7 Å². The Morgan fingerprint density at radius 1 is 0.783 bits per heavy atom. The average molecular weight is 327 g/mol. The minimum atomic E-state index is 0. The Labute approximate surface area is 145 Å². The third kappa shape index (κ3) is 8.00. The summed E-state index contributed by atoms with van der Waals surface area (Å²) in [4.78, 5) is 5.24. The monoisotopic (exact) mass is 326 g/mol. The van der Waals surface area contributed by atoms with Crippen LogP contribution in [0, 0.1) is 17.8 Å². The fourth-order valence-corrected chi connectivity index (χ4v) is 3.90. The summed E-state index contributed by atoms with van der Waals surface area (Å²) < 4.78 is 6.25. The van der Waals surface area contributed by atoms with Gasteiger partial charge in [-0.3, -0.25) is 0 Å². The van der Waals surface area contributed by atoms with Gasteiger partial charge in [-0.05, 0) is 56.5 Å². The standard InChI is InChI=1S/C19H38N2O.CH4/c1-16(2)13-20-9-5-18(6-10-20)15-22-19-7-11-21(12-8-19)14-17(3)4;/h16-19H,5-15H2,1-4H3;1H4. The van der Waals surface area contributed by atoms with Gasteiger partial charge in [0.25, 0.3) is 0 Å². The van der Waals surface area contributed by atoms with E-state index in [0.29, 0.717) is 6.10 Å². The Morgan fingerprint density at radius 2 is 1.22 bits per heavy atom. The van der Waals surface area contributed by atoms with E-state index in [0.717, 1.165) is 24.4 Å². The van der Waals surface area contributed by atoms with Gasteiger partial charge >= 0.3 is 0 Å². The largest absolute Gasteiger partial charge is 0.378 e. The molecule has 0 aromatic heterocycles. The molecule has 0 unspecified atom stereocenters.